The van der Waals surface area contributed by atoms with Crippen molar-refractivity contribution in [2.45, 2.75) is 37.8 Å². The lowest BCUT2D eigenvalue weighted by molar-refractivity contribution is -0.140. The van der Waals surface area contributed by atoms with Gasteiger partial charge in [0.2, 0.25) is 5.91 Å². The monoisotopic (exact) mass is 354 g/mol. The molecule has 2 aromatic heterocycles. The quantitative estimate of drug-likeness (QED) is 0.867. The molecule has 4 rings (SSSR count). The van der Waals surface area contributed by atoms with Crippen LogP contribution in [0.4, 0.5) is 0 Å². The fourth-order valence-electron chi connectivity index (χ4n) is 3.70. The molecular weight excluding hydrogens is 332 g/mol. The maximum absolute atomic E-state index is 12.6. The molecule has 0 aromatic carbocycles. The molecule has 2 aromatic rings. The minimum absolute atomic E-state index is 0.106. The topological polar surface area (TPSA) is 93.0 Å². The first-order valence-corrected chi connectivity index (χ1v) is 8.97. The first-order chi connectivity index (χ1) is 12.6. The largest absolute Gasteiger partial charge is 0.350 e. The highest BCUT2D eigenvalue weighted by atomic mass is 16.2. The first kappa shape index (κ1) is 16.7. The average Bonchev–Trinajstić information content (AvgIpc) is 3.41. The van der Waals surface area contributed by atoms with E-state index >= 15 is 0 Å². The number of aryl methyl sites for hydroxylation is 1. The average molecular weight is 354 g/mol. The van der Waals surface area contributed by atoms with E-state index in [0.717, 1.165) is 25.1 Å². The molecule has 0 unspecified atom stereocenters. The van der Waals surface area contributed by atoms with E-state index in [0.29, 0.717) is 24.7 Å². The molecule has 0 bridgehead atoms. The minimum atomic E-state index is -0.244. The molecule has 1 N–H and O–H groups in total. The van der Waals surface area contributed by atoms with Crippen LogP contribution in [-0.4, -0.2) is 48.8 Å². The van der Waals surface area contributed by atoms with E-state index < -0.39 is 0 Å². The molecule has 3 heterocycles. The summed E-state index contributed by atoms with van der Waals surface area (Å²) in [5.74, 6) is 0.947. The number of carbonyl (C=O) groups is 2. The minimum Gasteiger partial charge on any atom is -0.350 e. The third kappa shape index (κ3) is 3.18. The molecule has 2 amide bonds. The summed E-state index contributed by atoms with van der Waals surface area (Å²) in [6.07, 6.45) is 11.5. The van der Waals surface area contributed by atoms with Gasteiger partial charge in [0.1, 0.15) is 11.5 Å². The number of hydrogen-bond donors (Lipinski definition) is 1. The Morgan fingerprint density at radius 3 is 2.73 bits per heavy atom. The lowest BCUT2D eigenvalue weighted by Gasteiger charge is -2.41. The second-order valence-electron chi connectivity index (χ2n) is 6.97. The number of carbonyl (C=O) groups excluding carboxylic acids is 2. The molecule has 2 fully saturated rings. The molecule has 26 heavy (non-hydrogen) atoms. The first-order valence-electron chi connectivity index (χ1n) is 8.97. The van der Waals surface area contributed by atoms with Crippen molar-refractivity contribution in [2.24, 2.45) is 13.0 Å². The van der Waals surface area contributed by atoms with Crippen molar-refractivity contribution in [3.8, 4) is 0 Å². The highest BCUT2D eigenvalue weighted by molar-refractivity contribution is 5.91. The molecule has 1 aliphatic heterocycles. The molecule has 1 saturated carbocycles. The number of hydrogen-bond acceptors (Lipinski definition) is 5. The van der Waals surface area contributed by atoms with Crippen LogP contribution >= 0.6 is 0 Å². The zero-order valence-corrected chi connectivity index (χ0v) is 14.7. The smallest absolute Gasteiger partial charge is 0.271 e. The van der Waals surface area contributed by atoms with Gasteiger partial charge in [0.05, 0.1) is 12.2 Å². The molecule has 0 radical (unpaired) electrons. The van der Waals surface area contributed by atoms with Crippen LogP contribution < -0.4 is 5.32 Å². The second-order valence-corrected chi connectivity index (χ2v) is 6.97. The summed E-state index contributed by atoms with van der Waals surface area (Å²) >= 11 is 0. The van der Waals surface area contributed by atoms with E-state index in [-0.39, 0.29) is 23.8 Å². The fourth-order valence-corrected chi connectivity index (χ4v) is 3.70. The van der Waals surface area contributed by atoms with Gasteiger partial charge in [0.15, 0.2) is 0 Å². The second kappa shape index (κ2) is 6.86. The van der Waals surface area contributed by atoms with Crippen molar-refractivity contribution in [3.63, 3.8) is 0 Å². The van der Waals surface area contributed by atoms with E-state index in [9.17, 15) is 9.59 Å². The van der Waals surface area contributed by atoms with E-state index in [1.807, 2.05) is 22.7 Å². The number of nitrogens with zero attached hydrogens (tertiary/aromatic N) is 5. The van der Waals surface area contributed by atoms with Crippen LogP contribution in [0.5, 0.6) is 0 Å². The number of piperidine rings is 1. The predicted octanol–water partition coefficient (Wildman–Crippen LogP) is 1.08. The van der Waals surface area contributed by atoms with Crippen LogP contribution in [0.15, 0.2) is 31.0 Å². The molecule has 8 nitrogen and oxygen atoms in total. The van der Waals surface area contributed by atoms with Gasteiger partial charge in [0, 0.05) is 56.8 Å². The van der Waals surface area contributed by atoms with Gasteiger partial charge in [-0.15, -0.1) is 0 Å². The maximum Gasteiger partial charge on any atom is 0.271 e. The molecule has 1 aliphatic carbocycles. The fraction of sp³-hybridized carbons (Fsp3) is 0.500. The molecule has 1 saturated heterocycles. The van der Waals surface area contributed by atoms with Gasteiger partial charge >= 0.3 is 0 Å². The lowest BCUT2D eigenvalue weighted by atomic mass is 9.87. The van der Waals surface area contributed by atoms with Crippen LogP contribution in [0.3, 0.4) is 0 Å². The van der Waals surface area contributed by atoms with Crippen molar-refractivity contribution in [1.29, 1.82) is 0 Å². The van der Waals surface area contributed by atoms with Gasteiger partial charge in [-0.05, 0) is 19.3 Å². The van der Waals surface area contributed by atoms with Crippen molar-refractivity contribution in [3.05, 3.63) is 42.5 Å². The Hall–Kier alpha value is -2.77. The van der Waals surface area contributed by atoms with Gasteiger partial charge in [-0.25, -0.2) is 9.97 Å². The van der Waals surface area contributed by atoms with E-state index in [4.69, 9.17) is 0 Å². The van der Waals surface area contributed by atoms with Crippen LogP contribution in [0.25, 0.3) is 0 Å². The van der Waals surface area contributed by atoms with Gasteiger partial charge < -0.3 is 14.8 Å². The van der Waals surface area contributed by atoms with Crippen LogP contribution in [0.1, 0.15) is 48.0 Å². The highest BCUT2D eigenvalue weighted by Gasteiger charge is 2.45. The number of nitrogens with one attached hydrogen (secondary N) is 1. The van der Waals surface area contributed by atoms with Crippen LogP contribution in [-0.2, 0) is 11.8 Å². The Balaban J connectivity index is 1.54. The Kier molecular flexibility index (Phi) is 4.40. The van der Waals surface area contributed by atoms with E-state index in [1.165, 1.54) is 18.6 Å². The summed E-state index contributed by atoms with van der Waals surface area (Å²) in [4.78, 5) is 39.4. The molecule has 2 aliphatic rings. The predicted molar refractivity (Wildman–Crippen MR) is 92.9 cm³/mol. The zero-order valence-electron chi connectivity index (χ0n) is 14.7. The molecule has 0 spiro atoms. The molecule has 8 heteroatoms. The summed E-state index contributed by atoms with van der Waals surface area (Å²) in [5, 5.41) is 2.96. The molecule has 136 valence electrons. The van der Waals surface area contributed by atoms with E-state index in [1.54, 1.807) is 6.20 Å². The van der Waals surface area contributed by atoms with Gasteiger partial charge in [0.25, 0.3) is 5.91 Å². The number of amides is 2. The zero-order chi connectivity index (χ0) is 18.1. The van der Waals surface area contributed by atoms with Gasteiger partial charge in [-0.1, -0.05) is 0 Å². The van der Waals surface area contributed by atoms with Gasteiger partial charge in [-0.3, -0.25) is 14.6 Å². The number of aromatic nitrogens is 4. The van der Waals surface area contributed by atoms with Crippen molar-refractivity contribution < 1.29 is 9.59 Å². The standard InChI is InChI=1S/C18H22N6O2/c1-23-9-8-21-17(23)16-12(2-5-15(25)24(16)13-3-4-13)10-22-18(26)14-11-19-6-7-20-14/h6-9,11-13,16H,2-5,10H2,1H3,(H,22,26)/t12-,16+/m1/s1. The Labute approximate surface area is 151 Å². The van der Waals surface area contributed by atoms with Crippen molar-refractivity contribution in [2.75, 3.05) is 6.54 Å². The number of rotatable bonds is 5. The van der Waals surface area contributed by atoms with Crippen LogP contribution in [0.2, 0.25) is 0 Å². The normalized spacial score (nSPS) is 23.1. The Morgan fingerprint density at radius 1 is 1.23 bits per heavy atom. The SMILES string of the molecule is Cn1ccnc1[C@@H]1[C@@H](CNC(=O)c2cnccn2)CCC(=O)N1C1CC1. The highest BCUT2D eigenvalue weighted by Crippen LogP contribution is 2.42. The lowest BCUT2D eigenvalue weighted by Crippen LogP contribution is -2.48. The number of likely N-dealkylation sites (tertiary alicyclic amines) is 1. The number of imidazole rings is 1. The van der Waals surface area contributed by atoms with Gasteiger partial charge in [-0.2, -0.15) is 0 Å². The van der Waals surface area contributed by atoms with Crippen molar-refractivity contribution >= 4 is 11.8 Å². The Bertz CT molecular complexity index is 801. The molecular formula is C18H22N6O2. The summed E-state index contributed by atoms with van der Waals surface area (Å²) in [5.41, 5.74) is 0.298. The third-order valence-electron chi connectivity index (χ3n) is 5.15. The Morgan fingerprint density at radius 2 is 2.08 bits per heavy atom. The van der Waals surface area contributed by atoms with Crippen molar-refractivity contribution in [1.82, 2.24) is 29.7 Å². The van der Waals surface area contributed by atoms with Crippen LogP contribution in [0, 0.1) is 5.92 Å². The summed E-state index contributed by atoms with van der Waals surface area (Å²) in [7, 11) is 1.95. The molecule has 2 atom stereocenters. The summed E-state index contributed by atoms with van der Waals surface area (Å²) < 4.78 is 1.97. The maximum atomic E-state index is 12.6. The summed E-state index contributed by atoms with van der Waals surface area (Å²) in [6.45, 7) is 0.476. The third-order valence-corrected chi connectivity index (χ3v) is 5.15. The van der Waals surface area contributed by atoms with E-state index in [2.05, 4.69) is 20.3 Å². The summed E-state index contributed by atoms with van der Waals surface area (Å²) in [6, 6.07) is 0.202.